The Kier molecular flexibility index (Phi) is 9.32. The molecule has 0 aromatic heterocycles. The number of carbonyl (C=O) groups is 2. The summed E-state index contributed by atoms with van der Waals surface area (Å²) in [6.45, 7) is 0.797. The van der Waals surface area contributed by atoms with Gasteiger partial charge in [0.05, 0.1) is 23.0 Å². The first-order chi connectivity index (χ1) is 14.6. The summed E-state index contributed by atoms with van der Waals surface area (Å²) in [5, 5.41) is 2.64. The van der Waals surface area contributed by atoms with Gasteiger partial charge in [0.15, 0.2) is 9.84 Å². The quantitative estimate of drug-likeness (QED) is 0.510. The van der Waals surface area contributed by atoms with E-state index >= 15 is 0 Å². The van der Waals surface area contributed by atoms with Crippen molar-refractivity contribution >= 4 is 39.1 Å². The van der Waals surface area contributed by atoms with Gasteiger partial charge >= 0.3 is 0 Å². The molecule has 1 N–H and O–H groups in total. The van der Waals surface area contributed by atoms with Crippen molar-refractivity contribution in [2.45, 2.75) is 11.3 Å². The summed E-state index contributed by atoms with van der Waals surface area (Å²) >= 11 is 1.19. The summed E-state index contributed by atoms with van der Waals surface area (Å²) in [5.41, 5.74) is 0.498. The third-order valence-electron chi connectivity index (χ3n) is 4.15. The van der Waals surface area contributed by atoms with Crippen molar-refractivity contribution in [3.8, 4) is 5.75 Å². The van der Waals surface area contributed by atoms with Crippen LogP contribution in [0.5, 0.6) is 5.75 Å². The fraction of sp³-hybridized carbons (Fsp3) is 0.333. The number of nitrogens with one attached hydrogen (secondary N) is 1. The third kappa shape index (κ3) is 8.97. The highest BCUT2D eigenvalue weighted by molar-refractivity contribution is 8.00. The molecule has 0 aliphatic carbocycles. The molecule has 0 aliphatic heterocycles. The molecule has 0 fully saturated rings. The number of thioether (sulfide) groups is 1. The standard InChI is InChI=1S/C21H25FN2O5S2/c1-24(11-4-12-29-18-5-3-6-19(13-18)31(2,27)28)21(26)15-30-14-20(25)23-17-9-7-16(22)8-10-17/h3,5-10,13H,4,11-12,14-15H2,1-2H3,(H,23,25). The minimum absolute atomic E-state index is 0.108. The highest BCUT2D eigenvalue weighted by Crippen LogP contribution is 2.17. The van der Waals surface area contributed by atoms with Gasteiger partial charge in [-0.2, -0.15) is 0 Å². The molecular weight excluding hydrogens is 443 g/mol. The average Bonchev–Trinajstić information content (AvgIpc) is 2.72. The Morgan fingerprint density at radius 2 is 1.84 bits per heavy atom. The van der Waals surface area contributed by atoms with Gasteiger partial charge in [-0.05, 0) is 48.9 Å². The molecule has 10 heteroatoms. The van der Waals surface area contributed by atoms with Crippen molar-refractivity contribution in [3.05, 3.63) is 54.3 Å². The number of nitrogens with zero attached hydrogens (tertiary/aromatic N) is 1. The molecule has 31 heavy (non-hydrogen) atoms. The van der Waals surface area contributed by atoms with Crippen LogP contribution in [-0.4, -0.2) is 63.1 Å². The lowest BCUT2D eigenvalue weighted by molar-refractivity contribution is -0.127. The normalized spacial score (nSPS) is 11.1. The molecule has 2 aromatic rings. The fourth-order valence-corrected chi connectivity index (χ4v) is 3.89. The molecule has 2 rings (SSSR count). The lowest BCUT2D eigenvalue weighted by Crippen LogP contribution is -2.30. The maximum atomic E-state index is 12.9. The smallest absolute Gasteiger partial charge is 0.234 e. The van der Waals surface area contributed by atoms with Crippen LogP contribution in [0.3, 0.4) is 0 Å². The van der Waals surface area contributed by atoms with E-state index in [-0.39, 0.29) is 34.0 Å². The van der Waals surface area contributed by atoms with Crippen molar-refractivity contribution in [1.29, 1.82) is 0 Å². The van der Waals surface area contributed by atoms with E-state index < -0.39 is 9.84 Å². The van der Waals surface area contributed by atoms with Gasteiger partial charge in [-0.3, -0.25) is 9.59 Å². The molecule has 0 bridgehead atoms. The van der Waals surface area contributed by atoms with Crippen LogP contribution in [0.1, 0.15) is 6.42 Å². The monoisotopic (exact) mass is 468 g/mol. The van der Waals surface area contributed by atoms with Crippen molar-refractivity contribution in [1.82, 2.24) is 4.90 Å². The van der Waals surface area contributed by atoms with Gasteiger partial charge in [-0.1, -0.05) is 6.07 Å². The van der Waals surface area contributed by atoms with Crippen LogP contribution in [0.25, 0.3) is 0 Å². The maximum Gasteiger partial charge on any atom is 0.234 e. The molecule has 0 atom stereocenters. The van der Waals surface area contributed by atoms with Crippen molar-refractivity contribution in [2.24, 2.45) is 0 Å². The van der Waals surface area contributed by atoms with Crippen LogP contribution < -0.4 is 10.1 Å². The second-order valence-corrected chi connectivity index (χ2v) is 9.81. The summed E-state index contributed by atoms with van der Waals surface area (Å²) in [6, 6.07) is 11.7. The van der Waals surface area contributed by atoms with Crippen LogP contribution in [0.15, 0.2) is 53.4 Å². The second-order valence-electron chi connectivity index (χ2n) is 6.81. The molecular formula is C21H25FN2O5S2. The number of benzene rings is 2. The molecule has 2 aromatic carbocycles. The van der Waals surface area contributed by atoms with Crippen LogP contribution >= 0.6 is 11.8 Å². The molecule has 0 heterocycles. The number of amides is 2. The summed E-state index contributed by atoms with van der Waals surface area (Å²) in [6.07, 6.45) is 1.71. The highest BCUT2D eigenvalue weighted by atomic mass is 32.2. The van der Waals surface area contributed by atoms with Crippen LogP contribution in [-0.2, 0) is 19.4 Å². The van der Waals surface area contributed by atoms with Gasteiger partial charge < -0.3 is 15.0 Å². The number of rotatable bonds is 11. The van der Waals surface area contributed by atoms with E-state index in [4.69, 9.17) is 4.74 Å². The summed E-state index contributed by atoms with van der Waals surface area (Å²) in [4.78, 5) is 25.8. The zero-order chi connectivity index (χ0) is 22.9. The number of hydrogen-bond acceptors (Lipinski definition) is 6. The Bertz CT molecular complexity index is 997. The minimum atomic E-state index is -3.29. The highest BCUT2D eigenvalue weighted by Gasteiger charge is 2.11. The topological polar surface area (TPSA) is 92.8 Å². The van der Waals surface area contributed by atoms with E-state index in [1.807, 2.05) is 0 Å². The number of ether oxygens (including phenoxy) is 1. The number of hydrogen-bond donors (Lipinski definition) is 1. The lowest BCUT2D eigenvalue weighted by atomic mass is 10.3. The predicted octanol–water partition coefficient (Wildman–Crippen LogP) is 2.83. The van der Waals surface area contributed by atoms with E-state index in [0.29, 0.717) is 31.0 Å². The van der Waals surface area contributed by atoms with E-state index in [2.05, 4.69) is 5.32 Å². The summed E-state index contributed by atoms with van der Waals surface area (Å²) in [7, 11) is -1.62. The molecule has 168 valence electrons. The molecule has 0 saturated carbocycles. The van der Waals surface area contributed by atoms with E-state index in [1.165, 1.54) is 48.2 Å². The average molecular weight is 469 g/mol. The SMILES string of the molecule is CN(CCCOc1cccc(S(C)(=O)=O)c1)C(=O)CSCC(=O)Nc1ccc(F)cc1. The number of anilines is 1. The molecule has 2 amide bonds. The molecule has 0 saturated heterocycles. The first-order valence-corrected chi connectivity index (χ1v) is 12.5. The molecule has 0 unspecified atom stereocenters. The molecule has 7 nitrogen and oxygen atoms in total. The van der Waals surface area contributed by atoms with Gasteiger partial charge in [0.25, 0.3) is 0 Å². The van der Waals surface area contributed by atoms with Crippen LogP contribution in [0.4, 0.5) is 10.1 Å². The zero-order valence-corrected chi connectivity index (χ0v) is 19.0. The van der Waals surface area contributed by atoms with Crippen molar-refractivity contribution < 1.29 is 27.1 Å². The van der Waals surface area contributed by atoms with E-state index in [1.54, 1.807) is 24.1 Å². The minimum Gasteiger partial charge on any atom is -0.493 e. The van der Waals surface area contributed by atoms with Crippen molar-refractivity contribution in [2.75, 3.05) is 43.3 Å². The Morgan fingerprint density at radius 1 is 1.13 bits per heavy atom. The Morgan fingerprint density at radius 3 is 2.52 bits per heavy atom. The first-order valence-electron chi connectivity index (χ1n) is 9.45. The summed E-state index contributed by atoms with van der Waals surface area (Å²) in [5.74, 6) is -0.0367. The van der Waals surface area contributed by atoms with Crippen LogP contribution in [0, 0.1) is 5.82 Å². The largest absolute Gasteiger partial charge is 0.493 e. The maximum absolute atomic E-state index is 12.9. The first kappa shape index (κ1) is 24.7. The fourth-order valence-electron chi connectivity index (χ4n) is 2.48. The third-order valence-corrected chi connectivity index (χ3v) is 6.18. The van der Waals surface area contributed by atoms with Gasteiger partial charge in [-0.15, -0.1) is 11.8 Å². The Balaban J connectivity index is 1.63. The molecule has 0 aliphatic rings. The van der Waals surface area contributed by atoms with Gasteiger partial charge in [-0.25, -0.2) is 12.8 Å². The van der Waals surface area contributed by atoms with Gasteiger partial charge in [0.1, 0.15) is 11.6 Å². The zero-order valence-electron chi connectivity index (χ0n) is 17.3. The Hall–Kier alpha value is -2.59. The molecule has 0 spiro atoms. The lowest BCUT2D eigenvalue weighted by Gasteiger charge is -2.17. The molecule has 0 radical (unpaired) electrons. The van der Waals surface area contributed by atoms with Crippen LogP contribution in [0.2, 0.25) is 0 Å². The van der Waals surface area contributed by atoms with Gasteiger partial charge in [0.2, 0.25) is 11.8 Å². The predicted molar refractivity (Wildman–Crippen MR) is 120 cm³/mol. The number of halogens is 1. The number of carbonyl (C=O) groups excluding carboxylic acids is 2. The summed E-state index contributed by atoms with van der Waals surface area (Å²) < 4.78 is 41.6. The van der Waals surface area contributed by atoms with Crippen molar-refractivity contribution in [3.63, 3.8) is 0 Å². The second kappa shape index (κ2) is 11.7. The number of sulfone groups is 1. The van der Waals surface area contributed by atoms with Gasteiger partial charge in [0, 0.05) is 25.5 Å². The Labute approximate surface area is 185 Å². The van der Waals surface area contributed by atoms with E-state index in [9.17, 15) is 22.4 Å². The van der Waals surface area contributed by atoms with E-state index in [0.717, 1.165) is 6.26 Å².